The molecular weight excluding hydrogens is 266 g/mol. The van der Waals surface area contributed by atoms with Crippen LogP contribution < -0.4 is 10.1 Å². The van der Waals surface area contributed by atoms with E-state index in [2.05, 4.69) is 5.32 Å². The normalized spacial score (nSPS) is 13.7. The van der Waals surface area contributed by atoms with Gasteiger partial charge in [-0.25, -0.2) is 0 Å². The highest BCUT2D eigenvalue weighted by Crippen LogP contribution is 2.16. The quantitative estimate of drug-likeness (QED) is 0.756. The van der Waals surface area contributed by atoms with Gasteiger partial charge in [-0.05, 0) is 51.0 Å². The van der Waals surface area contributed by atoms with E-state index in [9.17, 15) is 4.79 Å². The van der Waals surface area contributed by atoms with Gasteiger partial charge < -0.3 is 15.2 Å². The first-order valence-electron chi connectivity index (χ1n) is 6.37. The van der Waals surface area contributed by atoms with Crippen LogP contribution in [0.15, 0.2) is 24.3 Å². The molecule has 106 valence electrons. The van der Waals surface area contributed by atoms with Gasteiger partial charge in [-0.1, -0.05) is 11.6 Å². The molecule has 0 aromatic heterocycles. The fraction of sp³-hybridized carbons (Fsp3) is 0.500. The molecular formula is C14H20ClNO3. The lowest BCUT2D eigenvalue weighted by Crippen LogP contribution is -2.36. The molecule has 0 aliphatic carbocycles. The summed E-state index contributed by atoms with van der Waals surface area (Å²) in [6.07, 6.45) is 0.524. The smallest absolute Gasteiger partial charge is 0.260 e. The predicted octanol–water partition coefficient (Wildman–Crippen LogP) is 2.38. The Morgan fingerprint density at radius 3 is 2.58 bits per heavy atom. The van der Waals surface area contributed by atoms with Crippen LogP contribution in [-0.2, 0) is 4.79 Å². The zero-order valence-corrected chi connectivity index (χ0v) is 12.0. The number of benzene rings is 1. The fourth-order valence-corrected chi connectivity index (χ4v) is 1.65. The van der Waals surface area contributed by atoms with Crippen molar-refractivity contribution in [2.45, 2.75) is 38.9 Å². The van der Waals surface area contributed by atoms with Crippen LogP contribution in [0.4, 0.5) is 0 Å². The van der Waals surface area contributed by atoms with Crippen molar-refractivity contribution in [2.75, 3.05) is 6.54 Å². The molecule has 1 amide bonds. The van der Waals surface area contributed by atoms with Crippen LogP contribution in [-0.4, -0.2) is 29.8 Å². The van der Waals surface area contributed by atoms with Crippen LogP contribution >= 0.6 is 11.6 Å². The van der Waals surface area contributed by atoms with Crippen LogP contribution in [0, 0.1) is 0 Å². The fourth-order valence-electron chi connectivity index (χ4n) is 1.52. The summed E-state index contributed by atoms with van der Waals surface area (Å²) in [5.74, 6) is 0.441. The van der Waals surface area contributed by atoms with E-state index in [1.54, 1.807) is 38.1 Å². The number of amides is 1. The maximum absolute atomic E-state index is 11.7. The van der Waals surface area contributed by atoms with Crippen molar-refractivity contribution < 1.29 is 14.6 Å². The van der Waals surface area contributed by atoms with Crippen molar-refractivity contribution in [3.8, 4) is 5.75 Å². The van der Waals surface area contributed by atoms with E-state index in [0.717, 1.165) is 6.42 Å². The second-order valence-corrected chi connectivity index (χ2v) is 4.93. The molecule has 2 N–H and O–H groups in total. The summed E-state index contributed by atoms with van der Waals surface area (Å²) in [4.78, 5) is 11.7. The van der Waals surface area contributed by atoms with E-state index in [-0.39, 0.29) is 12.0 Å². The minimum Gasteiger partial charge on any atom is -0.481 e. The van der Waals surface area contributed by atoms with Gasteiger partial charge in [0.05, 0.1) is 6.10 Å². The largest absolute Gasteiger partial charge is 0.481 e. The zero-order chi connectivity index (χ0) is 14.3. The molecule has 2 unspecified atom stereocenters. The molecule has 1 aromatic carbocycles. The lowest BCUT2D eigenvalue weighted by Gasteiger charge is -2.15. The third-order valence-electron chi connectivity index (χ3n) is 2.59. The number of rotatable bonds is 7. The number of aliphatic hydroxyl groups is 1. The summed E-state index contributed by atoms with van der Waals surface area (Å²) in [6, 6.07) is 6.87. The monoisotopic (exact) mass is 285 g/mol. The van der Waals surface area contributed by atoms with Gasteiger partial charge in [-0.3, -0.25) is 4.79 Å². The summed E-state index contributed by atoms with van der Waals surface area (Å²) in [7, 11) is 0. The van der Waals surface area contributed by atoms with Crippen LogP contribution in [0.25, 0.3) is 0 Å². The lowest BCUT2D eigenvalue weighted by molar-refractivity contribution is -0.127. The van der Waals surface area contributed by atoms with Crippen molar-refractivity contribution in [3.63, 3.8) is 0 Å². The van der Waals surface area contributed by atoms with E-state index < -0.39 is 6.10 Å². The Morgan fingerprint density at radius 2 is 2.00 bits per heavy atom. The lowest BCUT2D eigenvalue weighted by atomic mass is 10.2. The molecule has 2 atom stereocenters. The van der Waals surface area contributed by atoms with Crippen LogP contribution in [0.1, 0.15) is 26.7 Å². The second-order valence-electron chi connectivity index (χ2n) is 4.50. The van der Waals surface area contributed by atoms with E-state index >= 15 is 0 Å². The Kier molecular flexibility index (Phi) is 6.67. The molecule has 0 bridgehead atoms. The highest BCUT2D eigenvalue weighted by molar-refractivity contribution is 6.30. The average Bonchev–Trinajstić information content (AvgIpc) is 2.36. The molecule has 0 saturated carbocycles. The van der Waals surface area contributed by atoms with Crippen molar-refractivity contribution in [1.82, 2.24) is 5.32 Å². The highest BCUT2D eigenvalue weighted by atomic mass is 35.5. The van der Waals surface area contributed by atoms with Crippen molar-refractivity contribution >= 4 is 17.5 Å². The summed E-state index contributed by atoms with van der Waals surface area (Å²) >= 11 is 5.77. The second kappa shape index (κ2) is 8.02. The maximum Gasteiger partial charge on any atom is 0.260 e. The molecule has 0 aliphatic rings. The average molecular weight is 286 g/mol. The van der Waals surface area contributed by atoms with Gasteiger partial charge in [0.15, 0.2) is 6.10 Å². The number of hydrogen-bond donors (Lipinski definition) is 2. The van der Waals surface area contributed by atoms with Gasteiger partial charge in [0.25, 0.3) is 5.91 Å². The predicted molar refractivity (Wildman–Crippen MR) is 75.5 cm³/mol. The van der Waals surface area contributed by atoms with Gasteiger partial charge in [0.1, 0.15) is 5.75 Å². The van der Waals surface area contributed by atoms with Gasteiger partial charge in [-0.2, -0.15) is 0 Å². The first-order valence-corrected chi connectivity index (χ1v) is 6.75. The minimum absolute atomic E-state index is 0.166. The molecule has 5 heteroatoms. The molecule has 0 saturated heterocycles. The first-order chi connectivity index (χ1) is 8.99. The Balaban J connectivity index is 2.30. The number of ether oxygens (including phenoxy) is 1. The summed E-state index contributed by atoms with van der Waals surface area (Å²) < 4.78 is 5.49. The molecule has 0 heterocycles. The van der Waals surface area contributed by atoms with Gasteiger partial charge in [0, 0.05) is 11.6 Å². The maximum atomic E-state index is 11.7. The van der Waals surface area contributed by atoms with E-state index in [0.29, 0.717) is 23.7 Å². The van der Waals surface area contributed by atoms with Crippen molar-refractivity contribution in [2.24, 2.45) is 0 Å². The summed E-state index contributed by atoms with van der Waals surface area (Å²) in [5.41, 5.74) is 0. The third-order valence-corrected chi connectivity index (χ3v) is 2.85. The van der Waals surface area contributed by atoms with E-state index in [1.165, 1.54) is 0 Å². The van der Waals surface area contributed by atoms with Crippen molar-refractivity contribution in [1.29, 1.82) is 0 Å². The zero-order valence-electron chi connectivity index (χ0n) is 11.2. The van der Waals surface area contributed by atoms with Gasteiger partial charge in [0.2, 0.25) is 0 Å². The molecule has 0 radical (unpaired) electrons. The number of carbonyl (C=O) groups is 1. The number of hydrogen-bond acceptors (Lipinski definition) is 3. The molecule has 0 spiro atoms. The number of carbonyl (C=O) groups excluding carboxylic acids is 1. The SMILES string of the molecule is CC(O)CCCNC(=O)C(C)Oc1ccc(Cl)cc1. The summed E-state index contributed by atoms with van der Waals surface area (Å²) in [5, 5.41) is 12.5. The van der Waals surface area contributed by atoms with Crippen LogP contribution in [0.2, 0.25) is 5.02 Å². The minimum atomic E-state index is -0.562. The first kappa shape index (κ1) is 15.8. The number of nitrogens with one attached hydrogen (secondary N) is 1. The number of halogens is 1. The molecule has 0 fully saturated rings. The van der Waals surface area contributed by atoms with E-state index in [1.807, 2.05) is 0 Å². The van der Waals surface area contributed by atoms with E-state index in [4.69, 9.17) is 21.4 Å². The Bertz CT molecular complexity index is 392. The Hall–Kier alpha value is -1.26. The molecule has 4 nitrogen and oxygen atoms in total. The van der Waals surface area contributed by atoms with Crippen LogP contribution in [0.3, 0.4) is 0 Å². The Morgan fingerprint density at radius 1 is 1.37 bits per heavy atom. The molecule has 1 rings (SSSR count). The standard InChI is InChI=1S/C14H20ClNO3/c1-10(17)4-3-9-16-14(18)11(2)19-13-7-5-12(15)6-8-13/h5-8,10-11,17H,3-4,9H2,1-2H3,(H,16,18). The van der Waals surface area contributed by atoms with Crippen molar-refractivity contribution in [3.05, 3.63) is 29.3 Å². The molecule has 0 aliphatic heterocycles. The number of aliphatic hydroxyl groups excluding tert-OH is 1. The van der Waals surface area contributed by atoms with Gasteiger partial charge in [-0.15, -0.1) is 0 Å². The molecule has 1 aromatic rings. The highest BCUT2D eigenvalue weighted by Gasteiger charge is 2.13. The topological polar surface area (TPSA) is 58.6 Å². The molecule has 19 heavy (non-hydrogen) atoms. The third kappa shape index (κ3) is 6.45. The summed E-state index contributed by atoms with van der Waals surface area (Å²) in [6.45, 7) is 3.96. The van der Waals surface area contributed by atoms with Crippen LogP contribution in [0.5, 0.6) is 5.75 Å². The van der Waals surface area contributed by atoms with Gasteiger partial charge >= 0.3 is 0 Å². The Labute approximate surface area is 118 Å².